The topological polar surface area (TPSA) is 47.3 Å². The van der Waals surface area contributed by atoms with E-state index in [0.29, 0.717) is 16.0 Å². The van der Waals surface area contributed by atoms with Crippen LogP contribution in [0.2, 0.25) is 10.0 Å². The number of hydrogen-bond donors (Lipinski definition) is 2. The molecule has 17 heavy (non-hydrogen) atoms. The van der Waals surface area contributed by atoms with Gasteiger partial charge in [-0.25, -0.2) is 0 Å². The molecule has 94 valence electrons. The van der Waals surface area contributed by atoms with Crippen molar-refractivity contribution in [1.29, 1.82) is 0 Å². The molecule has 0 aromatic heterocycles. The Labute approximate surface area is 111 Å². The maximum absolute atomic E-state index is 6.15. The Morgan fingerprint density at radius 1 is 1.47 bits per heavy atom. The van der Waals surface area contributed by atoms with E-state index < -0.39 is 0 Å². The first kappa shape index (κ1) is 13.1. The fourth-order valence-corrected chi connectivity index (χ4v) is 2.64. The van der Waals surface area contributed by atoms with Gasteiger partial charge in [0.2, 0.25) is 0 Å². The summed E-state index contributed by atoms with van der Waals surface area (Å²) in [7, 11) is 0. The Kier molecular flexibility index (Phi) is 4.65. The van der Waals surface area contributed by atoms with Gasteiger partial charge in [0, 0.05) is 28.6 Å². The third kappa shape index (κ3) is 3.33. The zero-order chi connectivity index (χ0) is 12.3. The summed E-state index contributed by atoms with van der Waals surface area (Å²) in [5.74, 6) is 6.06. The van der Waals surface area contributed by atoms with Gasteiger partial charge in [0.1, 0.15) is 0 Å². The Balaban J connectivity index is 2.06. The molecule has 3 N–H and O–H groups in total. The summed E-state index contributed by atoms with van der Waals surface area (Å²) in [6.07, 6.45) is 1.83. The number of ether oxygens (including phenoxy) is 1. The van der Waals surface area contributed by atoms with E-state index in [1.54, 1.807) is 6.07 Å². The molecule has 1 aromatic carbocycles. The maximum atomic E-state index is 6.15. The van der Waals surface area contributed by atoms with Crippen molar-refractivity contribution in [2.75, 3.05) is 13.2 Å². The molecule has 0 saturated carbocycles. The van der Waals surface area contributed by atoms with Crippen LogP contribution in [0.4, 0.5) is 0 Å². The zero-order valence-corrected chi connectivity index (χ0v) is 11.0. The van der Waals surface area contributed by atoms with Crippen LogP contribution < -0.4 is 11.3 Å². The Bertz CT molecular complexity index is 381. The van der Waals surface area contributed by atoms with E-state index in [2.05, 4.69) is 5.43 Å². The molecule has 1 saturated heterocycles. The van der Waals surface area contributed by atoms with Crippen molar-refractivity contribution >= 4 is 23.2 Å². The highest BCUT2D eigenvalue weighted by Gasteiger charge is 2.25. The minimum absolute atomic E-state index is 0.191. The SMILES string of the molecule is NNC(Cc1ccc(Cl)cc1Cl)C1CCOC1. The van der Waals surface area contributed by atoms with Crippen LogP contribution in [-0.4, -0.2) is 19.3 Å². The number of nitrogens with one attached hydrogen (secondary N) is 1. The van der Waals surface area contributed by atoms with E-state index in [1.165, 1.54) is 0 Å². The lowest BCUT2D eigenvalue weighted by Crippen LogP contribution is -2.42. The van der Waals surface area contributed by atoms with Crippen molar-refractivity contribution in [3.63, 3.8) is 0 Å². The number of benzene rings is 1. The smallest absolute Gasteiger partial charge is 0.0510 e. The largest absolute Gasteiger partial charge is 0.381 e. The predicted octanol–water partition coefficient (Wildman–Crippen LogP) is 2.40. The van der Waals surface area contributed by atoms with Crippen LogP contribution in [0.3, 0.4) is 0 Å². The second-order valence-electron chi connectivity index (χ2n) is 4.34. The molecular weight excluding hydrogens is 259 g/mol. The number of nitrogens with two attached hydrogens (primary N) is 1. The van der Waals surface area contributed by atoms with Gasteiger partial charge in [-0.05, 0) is 30.5 Å². The summed E-state index contributed by atoms with van der Waals surface area (Å²) in [5.41, 5.74) is 3.92. The third-order valence-corrected chi connectivity index (χ3v) is 3.79. The van der Waals surface area contributed by atoms with E-state index >= 15 is 0 Å². The fraction of sp³-hybridized carbons (Fsp3) is 0.500. The molecule has 5 heteroatoms. The van der Waals surface area contributed by atoms with Gasteiger partial charge in [-0.2, -0.15) is 0 Å². The van der Waals surface area contributed by atoms with Gasteiger partial charge in [-0.15, -0.1) is 0 Å². The molecule has 0 radical (unpaired) electrons. The number of halogens is 2. The van der Waals surface area contributed by atoms with Crippen LogP contribution in [0.1, 0.15) is 12.0 Å². The van der Waals surface area contributed by atoms with E-state index in [4.69, 9.17) is 33.8 Å². The van der Waals surface area contributed by atoms with Gasteiger partial charge in [0.15, 0.2) is 0 Å². The highest BCUT2D eigenvalue weighted by molar-refractivity contribution is 6.35. The maximum Gasteiger partial charge on any atom is 0.0510 e. The van der Waals surface area contributed by atoms with Crippen molar-refractivity contribution in [1.82, 2.24) is 5.43 Å². The molecule has 0 amide bonds. The molecule has 0 spiro atoms. The zero-order valence-electron chi connectivity index (χ0n) is 9.46. The molecule has 1 aliphatic heterocycles. The summed E-state index contributed by atoms with van der Waals surface area (Å²) in [6, 6.07) is 5.75. The van der Waals surface area contributed by atoms with Crippen LogP contribution in [0.5, 0.6) is 0 Å². The van der Waals surface area contributed by atoms with Crippen LogP contribution in [0.15, 0.2) is 18.2 Å². The summed E-state index contributed by atoms with van der Waals surface area (Å²) < 4.78 is 5.38. The number of hydrogen-bond acceptors (Lipinski definition) is 3. The van der Waals surface area contributed by atoms with E-state index in [1.807, 2.05) is 12.1 Å². The second kappa shape index (κ2) is 6.03. The molecule has 1 aromatic rings. The molecule has 2 unspecified atom stereocenters. The summed E-state index contributed by atoms with van der Waals surface area (Å²) in [6.45, 7) is 1.58. The lowest BCUT2D eigenvalue weighted by molar-refractivity contribution is 0.176. The number of hydrazine groups is 1. The van der Waals surface area contributed by atoms with E-state index in [-0.39, 0.29) is 6.04 Å². The minimum atomic E-state index is 0.191. The first-order valence-corrected chi connectivity index (χ1v) is 6.44. The van der Waals surface area contributed by atoms with Gasteiger partial charge < -0.3 is 4.74 Å². The molecule has 1 aliphatic rings. The monoisotopic (exact) mass is 274 g/mol. The van der Waals surface area contributed by atoms with Crippen molar-refractivity contribution in [2.45, 2.75) is 18.9 Å². The second-order valence-corrected chi connectivity index (χ2v) is 5.18. The first-order valence-electron chi connectivity index (χ1n) is 5.68. The van der Waals surface area contributed by atoms with Gasteiger partial charge >= 0.3 is 0 Å². The number of rotatable bonds is 4. The molecule has 1 fully saturated rings. The molecule has 0 bridgehead atoms. The summed E-state index contributed by atoms with van der Waals surface area (Å²) in [5, 5.41) is 1.34. The molecule has 2 rings (SSSR count). The average Bonchev–Trinajstić information content (AvgIpc) is 2.81. The van der Waals surface area contributed by atoms with Crippen LogP contribution in [0.25, 0.3) is 0 Å². The summed E-state index contributed by atoms with van der Waals surface area (Å²) >= 11 is 12.0. The summed E-state index contributed by atoms with van der Waals surface area (Å²) in [4.78, 5) is 0. The average molecular weight is 275 g/mol. The molecule has 1 heterocycles. The van der Waals surface area contributed by atoms with Crippen LogP contribution in [0, 0.1) is 5.92 Å². The standard InChI is InChI=1S/C12H16Cl2N2O/c13-10-2-1-8(11(14)6-10)5-12(16-15)9-3-4-17-7-9/h1-2,6,9,12,16H,3-5,7,15H2. The Morgan fingerprint density at radius 2 is 2.29 bits per heavy atom. The third-order valence-electron chi connectivity index (χ3n) is 3.20. The lowest BCUT2D eigenvalue weighted by Gasteiger charge is -2.22. The minimum Gasteiger partial charge on any atom is -0.381 e. The Hall–Kier alpha value is -0.320. The first-order chi connectivity index (χ1) is 8.20. The van der Waals surface area contributed by atoms with Gasteiger partial charge in [0.25, 0.3) is 0 Å². The highest BCUT2D eigenvalue weighted by Crippen LogP contribution is 2.25. The van der Waals surface area contributed by atoms with Crippen LogP contribution in [-0.2, 0) is 11.2 Å². The highest BCUT2D eigenvalue weighted by atomic mass is 35.5. The Morgan fingerprint density at radius 3 is 2.88 bits per heavy atom. The molecule has 3 nitrogen and oxygen atoms in total. The molecule has 2 atom stereocenters. The molecule has 0 aliphatic carbocycles. The predicted molar refractivity (Wildman–Crippen MR) is 70.2 cm³/mol. The van der Waals surface area contributed by atoms with Crippen molar-refractivity contribution < 1.29 is 4.74 Å². The normalized spacial score (nSPS) is 21.7. The molecular formula is C12H16Cl2N2O. The lowest BCUT2D eigenvalue weighted by atomic mass is 9.93. The van der Waals surface area contributed by atoms with E-state index in [0.717, 1.165) is 31.6 Å². The van der Waals surface area contributed by atoms with Gasteiger partial charge in [0.05, 0.1) is 6.61 Å². The van der Waals surface area contributed by atoms with E-state index in [9.17, 15) is 0 Å². The quantitative estimate of drug-likeness (QED) is 0.655. The van der Waals surface area contributed by atoms with Crippen molar-refractivity contribution in [3.8, 4) is 0 Å². The van der Waals surface area contributed by atoms with Crippen LogP contribution >= 0.6 is 23.2 Å². The van der Waals surface area contributed by atoms with Crippen molar-refractivity contribution in [2.24, 2.45) is 11.8 Å². The van der Waals surface area contributed by atoms with Gasteiger partial charge in [-0.3, -0.25) is 11.3 Å². The van der Waals surface area contributed by atoms with Gasteiger partial charge in [-0.1, -0.05) is 29.3 Å². The fourth-order valence-electron chi connectivity index (χ4n) is 2.16. The van der Waals surface area contributed by atoms with Crippen molar-refractivity contribution in [3.05, 3.63) is 33.8 Å².